The van der Waals surface area contributed by atoms with Gasteiger partial charge in [0.25, 0.3) is 0 Å². The Labute approximate surface area is 181 Å². The highest BCUT2D eigenvalue weighted by Gasteiger charge is 2.29. The molecule has 2 aromatic rings. The largest absolute Gasteiger partial charge is 0.350 e. The summed E-state index contributed by atoms with van der Waals surface area (Å²) in [6, 6.07) is 10.5. The first-order valence-corrected chi connectivity index (χ1v) is 10.0. The van der Waals surface area contributed by atoms with Crippen molar-refractivity contribution in [3.63, 3.8) is 0 Å². The third-order valence-electron chi connectivity index (χ3n) is 4.32. The van der Waals surface area contributed by atoms with Crippen LogP contribution in [0.15, 0.2) is 42.5 Å². The number of benzene rings is 2. The van der Waals surface area contributed by atoms with E-state index in [-0.39, 0.29) is 29.5 Å². The second kappa shape index (κ2) is 9.59. The van der Waals surface area contributed by atoms with Gasteiger partial charge in [0.15, 0.2) is 0 Å². The first-order valence-electron chi connectivity index (χ1n) is 9.27. The van der Waals surface area contributed by atoms with Crippen LogP contribution in [-0.2, 0) is 22.6 Å². The van der Waals surface area contributed by atoms with Crippen LogP contribution >= 0.6 is 23.2 Å². The summed E-state index contributed by atoms with van der Waals surface area (Å²) in [6.07, 6.45) is -0.244. The fourth-order valence-corrected chi connectivity index (χ4v) is 3.15. The Kier molecular flexibility index (Phi) is 7.66. The number of halogens is 3. The van der Waals surface area contributed by atoms with Crippen LogP contribution in [0.3, 0.4) is 0 Å². The summed E-state index contributed by atoms with van der Waals surface area (Å²) >= 11 is 12.0. The standard InChI is InChI=1S/C22H25Cl2FN2O2/c1-14(21(29)26-22(2,3)4)27(13-15-8-10-16(23)11-9-15)20(28)12-17-18(24)6-5-7-19(17)25/h5-11,14H,12-13H2,1-4H3,(H,26,29). The van der Waals surface area contributed by atoms with Crippen LogP contribution in [0.2, 0.25) is 10.0 Å². The number of hydrogen-bond acceptors (Lipinski definition) is 2. The van der Waals surface area contributed by atoms with Crippen LogP contribution in [0.4, 0.5) is 4.39 Å². The van der Waals surface area contributed by atoms with Crippen LogP contribution in [0, 0.1) is 5.82 Å². The number of nitrogens with one attached hydrogen (secondary N) is 1. The quantitative estimate of drug-likeness (QED) is 0.688. The van der Waals surface area contributed by atoms with E-state index in [0.29, 0.717) is 5.02 Å². The van der Waals surface area contributed by atoms with Gasteiger partial charge in [-0.05, 0) is 57.5 Å². The molecule has 4 nitrogen and oxygen atoms in total. The Morgan fingerprint density at radius 3 is 2.28 bits per heavy atom. The molecular weight excluding hydrogens is 414 g/mol. The molecule has 0 heterocycles. The second-order valence-electron chi connectivity index (χ2n) is 7.94. The lowest BCUT2D eigenvalue weighted by molar-refractivity contribution is -0.140. The summed E-state index contributed by atoms with van der Waals surface area (Å²) < 4.78 is 14.2. The van der Waals surface area contributed by atoms with Crippen LogP contribution in [0.1, 0.15) is 38.8 Å². The second-order valence-corrected chi connectivity index (χ2v) is 8.78. The van der Waals surface area contributed by atoms with Gasteiger partial charge in [-0.2, -0.15) is 0 Å². The maximum Gasteiger partial charge on any atom is 0.242 e. The molecule has 0 aromatic heterocycles. The molecule has 2 aromatic carbocycles. The predicted molar refractivity (Wildman–Crippen MR) is 114 cm³/mol. The summed E-state index contributed by atoms with van der Waals surface area (Å²) in [5.41, 5.74) is 0.469. The van der Waals surface area contributed by atoms with E-state index in [1.165, 1.54) is 23.1 Å². The number of nitrogens with zero attached hydrogens (tertiary/aromatic N) is 1. The van der Waals surface area contributed by atoms with E-state index >= 15 is 0 Å². The molecule has 1 atom stereocenters. The molecule has 1 N–H and O–H groups in total. The Balaban J connectivity index is 2.30. The number of hydrogen-bond donors (Lipinski definition) is 1. The third kappa shape index (κ3) is 6.72. The minimum absolute atomic E-state index is 0.115. The minimum Gasteiger partial charge on any atom is -0.350 e. The van der Waals surface area contributed by atoms with Gasteiger partial charge in [-0.15, -0.1) is 0 Å². The van der Waals surface area contributed by atoms with E-state index in [4.69, 9.17) is 23.2 Å². The fraction of sp³-hybridized carbons (Fsp3) is 0.364. The van der Waals surface area contributed by atoms with Crippen molar-refractivity contribution in [2.45, 2.75) is 52.2 Å². The van der Waals surface area contributed by atoms with Crippen LogP contribution in [0.5, 0.6) is 0 Å². The summed E-state index contributed by atoms with van der Waals surface area (Å²) in [4.78, 5) is 27.2. The molecule has 29 heavy (non-hydrogen) atoms. The average molecular weight is 439 g/mol. The zero-order valence-electron chi connectivity index (χ0n) is 16.9. The Morgan fingerprint density at radius 2 is 1.72 bits per heavy atom. The summed E-state index contributed by atoms with van der Waals surface area (Å²) in [7, 11) is 0. The molecular formula is C22H25Cl2FN2O2. The first-order chi connectivity index (χ1) is 13.5. The van der Waals surface area contributed by atoms with E-state index in [2.05, 4.69) is 5.32 Å². The van der Waals surface area contributed by atoms with Crippen molar-refractivity contribution in [2.24, 2.45) is 0 Å². The van der Waals surface area contributed by atoms with Gasteiger partial charge in [-0.1, -0.05) is 41.4 Å². The van der Waals surface area contributed by atoms with Gasteiger partial charge >= 0.3 is 0 Å². The molecule has 0 aliphatic carbocycles. The van der Waals surface area contributed by atoms with Crippen LogP contribution < -0.4 is 5.32 Å². The smallest absolute Gasteiger partial charge is 0.242 e. The zero-order chi connectivity index (χ0) is 21.8. The van der Waals surface area contributed by atoms with Gasteiger partial charge in [-0.25, -0.2) is 4.39 Å². The van der Waals surface area contributed by atoms with Gasteiger partial charge in [0, 0.05) is 27.7 Å². The zero-order valence-corrected chi connectivity index (χ0v) is 18.4. The summed E-state index contributed by atoms with van der Waals surface area (Å²) in [5, 5.41) is 3.63. The molecule has 0 fully saturated rings. The van der Waals surface area contributed by atoms with E-state index in [0.717, 1.165) is 5.56 Å². The van der Waals surface area contributed by atoms with Crippen molar-refractivity contribution >= 4 is 35.0 Å². The number of carbonyl (C=O) groups excluding carboxylic acids is 2. The number of carbonyl (C=O) groups is 2. The number of amides is 2. The minimum atomic E-state index is -0.761. The van der Waals surface area contributed by atoms with Crippen molar-refractivity contribution in [3.8, 4) is 0 Å². The first kappa shape index (κ1) is 23.2. The van der Waals surface area contributed by atoms with E-state index in [1.807, 2.05) is 20.8 Å². The highest BCUT2D eigenvalue weighted by molar-refractivity contribution is 6.31. The van der Waals surface area contributed by atoms with E-state index in [9.17, 15) is 14.0 Å². The molecule has 0 spiro atoms. The molecule has 7 heteroatoms. The van der Waals surface area contributed by atoms with E-state index in [1.54, 1.807) is 31.2 Å². The number of rotatable bonds is 6. The van der Waals surface area contributed by atoms with Crippen molar-refractivity contribution < 1.29 is 14.0 Å². The monoisotopic (exact) mass is 438 g/mol. The third-order valence-corrected chi connectivity index (χ3v) is 4.93. The molecule has 0 saturated heterocycles. The van der Waals surface area contributed by atoms with Crippen molar-refractivity contribution in [2.75, 3.05) is 0 Å². The van der Waals surface area contributed by atoms with Gasteiger partial charge in [0.2, 0.25) is 11.8 Å². The van der Waals surface area contributed by atoms with Crippen molar-refractivity contribution in [1.82, 2.24) is 10.2 Å². The topological polar surface area (TPSA) is 49.4 Å². The molecule has 156 valence electrons. The van der Waals surface area contributed by atoms with Crippen LogP contribution in [0.25, 0.3) is 0 Å². The lowest BCUT2D eigenvalue weighted by Gasteiger charge is -2.31. The normalized spacial score (nSPS) is 12.4. The summed E-state index contributed by atoms with van der Waals surface area (Å²) in [6.45, 7) is 7.42. The Morgan fingerprint density at radius 1 is 1.10 bits per heavy atom. The van der Waals surface area contributed by atoms with Gasteiger partial charge in [-0.3, -0.25) is 9.59 Å². The maximum atomic E-state index is 14.2. The lowest BCUT2D eigenvalue weighted by atomic mass is 10.1. The highest BCUT2D eigenvalue weighted by Crippen LogP contribution is 2.22. The summed E-state index contributed by atoms with van der Waals surface area (Å²) in [5.74, 6) is -1.24. The van der Waals surface area contributed by atoms with Crippen molar-refractivity contribution in [1.29, 1.82) is 0 Å². The molecule has 0 aliphatic heterocycles. The molecule has 2 amide bonds. The van der Waals surface area contributed by atoms with Crippen LogP contribution in [-0.4, -0.2) is 28.3 Å². The predicted octanol–water partition coefficient (Wildman–Crippen LogP) is 5.01. The molecule has 0 bridgehead atoms. The fourth-order valence-electron chi connectivity index (χ4n) is 2.80. The lowest BCUT2D eigenvalue weighted by Crippen LogP contribution is -2.52. The molecule has 0 aliphatic rings. The molecule has 2 rings (SSSR count). The van der Waals surface area contributed by atoms with Gasteiger partial charge < -0.3 is 10.2 Å². The van der Waals surface area contributed by atoms with Crippen molar-refractivity contribution in [3.05, 3.63) is 69.5 Å². The molecule has 1 unspecified atom stereocenters. The Bertz CT molecular complexity index is 859. The molecule has 0 saturated carbocycles. The molecule has 0 radical (unpaired) electrons. The van der Waals surface area contributed by atoms with E-state index < -0.39 is 23.3 Å². The Hall–Kier alpha value is -2.11. The average Bonchev–Trinajstić information content (AvgIpc) is 2.62. The highest BCUT2D eigenvalue weighted by atomic mass is 35.5. The van der Waals surface area contributed by atoms with Gasteiger partial charge in [0.05, 0.1) is 6.42 Å². The maximum absolute atomic E-state index is 14.2. The van der Waals surface area contributed by atoms with Gasteiger partial charge in [0.1, 0.15) is 11.9 Å². The SMILES string of the molecule is CC(C(=O)NC(C)(C)C)N(Cc1ccc(Cl)cc1)C(=O)Cc1c(F)cccc1Cl.